The maximum atomic E-state index is 12.8. The van der Waals surface area contributed by atoms with Gasteiger partial charge in [0.25, 0.3) is 0 Å². The van der Waals surface area contributed by atoms with E-state index in [1.165, 1.54) is 0 Å². The van der Waals surface area contributed by atoms with E-state index >= 15 is 0 Å². The molecule has 2 aromatic rings. The monoisotopic (exact) mass is 356 g/mol. The lowest BCUT2D eigenvalue weighted by Crippen LogP contribution is -2.63. The van der Waals surface area contributed by atoms with Crippen LogP contribution in [-0.4, -0.2) is 50.6 Å². The lowest BCUT2D eigenvalue weighted by Gasteiger charge is -2.61. The van der Waals surface area contributed by atoms with Crippen molar-refractivity contribution in [2.45, 2.75) is 24.0 Å². The molecule has 0 aliphatic heterocycles. The molecule has 140 valence electrons. The zero-order valence-electron chi connectivity index (χ0n) is 15.4. The quantitative estimate of drug-likeness (QED) is 0.832. The fourth-order valence-electron chi connectivity index (χ4n) is 3.57. The molecule has 0 aromatic heterocycles. The minimum atomic E-state index is -1.20. The van der Waals surface area contributed by atoms with Crippen LogP contribution in [0.15, 0.2) is 36.4 Å². The van der Waals surface area contributed by atoms with Gasteiger partial charge in [-0.1, -0.05) is 12.1 Å². The largest absolute Gasteiger partial charge is 0.851 e. The highest BCUT2D eigenvalue weighted by Gasteiger charge is 2.40. The second-order valence-corrected chi connectivity index (χ2v) is 7.26. The Morgan fingerprint density at radius 2 is 1.04 bits per heavy atom. The molecule has 26 heavy (non-hydrogen) atoms. The molecular weight excluding hydrogens is 332 g/mol. The van der Waals surface area contributed by atoms with Gasteiger partial charge < -0.3 is 30.2 Å². The number of phenolic OH excluding ortho intramolecular Hbond substituents is 2. The fourth-order valence-corrected chi connectivity index (χ4v) is 3.57. The average molecular weight is 356 g/mol. The highest BCUT2D eigenvalue weighted by molar-refractivity contribution is 5.57. The van der Waals surface area contributed by atoms with Crippen LogP contribution in [0.1, 0.15) is 23.0 Å². The highest BCUT2D eigenvalue weighted by Crippen LogP contribution is 2.50. The smallest absolute Gasteiger partial charge is 0.121 e. The van der Waals surface area contributed by atoms with E-state index in [0.29, 0.717) is 11.1 Å². The molecule has 0 bridgehead atoms. The molecular formula is C20H24N2O4-2. The van der Waals surface area contributed by atoms with Crippen LogP contribution >= 0.6 is 0 Å². The lowest BCUT2D eigenvalue weighted by atomic mass is 9.63. The number of anilines is 2. The molecule has 2 aromatic carbocycles. The van der Waals surface area contributed by atoms with E-state index in [0.717, 1.165) is 11.4 Å². The molecule has 0 heterocycles. The molecule has 0 atom stereocenters. The minimum Gasteiger partial charge on any atom is -0.851 e. The van der Waals surface area contributed by atoms with Crippen molar-refractivity contribution in [1.82, 2.24) is 0 Å². The van der Waals surface area contributed by atoms with Gasteiger partial charge in [-0.05, 0) is 35.1 Å². The summed E-state index contributed by atoms with van der Waals surface area (Å²) in [4.78, 5) is 3.67. The molecule has 1 aliphatic carbocycles. The molecule has 0 unspecified atom stereocenters. The first kappa shape index (κ1) is 18.4. The van der Waals surface area contributed by atoms with E-state index in [-0.39, 0.29) is 11.5 Å². The first-order valence-electron chi connectivity index (χ1n) is 8.54. The molecule has 6 nitrogen and oxygen atoms in total. The predicted molar refractivity (Wildman–Crippen MR) is 97.9 cm³/mol. The summed E-state index contributed by atoms with van der Waals surface area (Å²) >= 11 is 0. The Bertz CT molecular complexity index is 731. The summed E-state index contributed by atoms with van der Waals surface area (Å²) in [5.41, 5.74) is 2.36. The number of phenols is 2. The van der Waals surface area contributed by atoms with Crippen LogP contribution in [0.5, 0.6) is 11.5 Å². The van der Waals surface area contributed by atoms with Gasteiger partial charge in [0, 0.05) is 51.7 Å². The van der Waals surface area contributed by atoms with Crippen LogP contribution in [0.3, 0.4) is 0 Å². The van der Waals surface area contributed by atoms with E-state index in [2.05, 4.69) is 0 Å². The fraction of sp³-hybridized carbons (Fsp3) is 0.400. The van der Waals surface area contributed by atoms with E-state index in [1.807, 2.05) is 38.0 Å². The third-order valence-electron chi connectivity index (χ3n) is 5.19. The van der Waals surface area contributed by atoms with E-state index in [9.17, 15) is 20.4 Å². The molecule has 2 N–H and O–H groups in total. The van der Waals surface area contributed by atoms with Crippen molar-refractivity contribution in [3.8, 4) is 11.5 Å². The first-order valence-corrected chi connectivity index (χ1v) is 8.54. The highest BCUT2D eigenvalue weighted by atomic mass is 16.3. The molecule has 6 heteroatoms. The van der Waals surface area contributed by atoms with Gasteiger partial charge in [-0.2, -0.15) is 0 Å². The topological polar surface area (TPSA) is 93.1 Å². The zero-order chi connectivity index (χ0) is 19.2. The zero-order valence-corrected chi connectivity index (χ0v) is 15.4. The van der Waals surface area contributed by atoms with Crippen molar-refractivity contribution < 1.29 is 20.4 Å². The molecule has 0 saturated heterocycles. The second-order valence-electron chi connectivity index (χ2n) is 7.26. The normalized spacial score (nSPS) is 24.8. The predicted octanol–water partition coefficient (Wildman–Crippen LogP) is 0.569. The van der Waals surface area contributed by atoms with Gasteiger partial charge >= 0.3 is 0 Å². The number of nitrogens with zero attached hydrogens (tertiary/aromatic N) is 2. The van der Waals surface area contributed by atoms with Crippen LogP contribution in [-0.2, 0) is 0 Å². The van der Waals surface area contributed by atoms with Crippen LogP contribution in [0, 0.1) is 0 Å². The Hall–Kier alpha value is -2.44. The Morgan fingerprint density at radius 3 is 1.31 bits per heavy atom. The number of hydrogen-bond donors (Lipinski definition) is 2. The summed E-state index contributed by atoms with van der Waals surface area (Å²) in [6, 6.07) is 9.99. The standard InChI is InChI=1S/C20H24N2O4/c1-21(2)11-5-7-13(15(23)9-11)17-19(25)18(20(17)26)14-8-6-12(22(3)4)10-16(14)24/h5-10,17-20,23-24H,1-4H3/q-2. The number of benzene rings is 2. The van der Waals surface area contributed by atoms with Gasteiger partial charge in [-0.15, -0.1) is 12.2 Å². The molecule has 1 fully saturated rings. The Morgan fingerprint density at radius 1 is 0.692 bits per heavy atom. The van der Waals surface area contributed by atoms with E-state index < -0.39 is 24.0 Å². The summed E-state index contributed by atoms with van der Waals surface area (Å²) in [6.45, 7) is 0. The second kappa shape index (κ2) is 6.70. The summed E-state index contributed by atoms with van der Waals surface area (Å²) < 4.78 is 0. The average Bonchev–Trinajstić information content (AvgIpc) is 2.58. The molecule has 0 amide bonds. The summed E-state index contributed by atoms with van der Waals surface area (Å²) in [7, 11) is 7.39. The van der Waals surface area contributed by atoms with Gasteiger partial charge in [0.15, 0.2) is 0 Å². The Labute approximate surface area is 153 Å². The van der Waals surface area contributed by atoms with Crippen molar-refractivity contribution >= 4 is 11.4 Å². The summed E-state index contributed by atoms with van der Waals surface area (Å²) in [6.07, 6.45) is -2.41. The van der Waals surface area contributed by atoms with Crippen molar-refractivity contribution in [1.29, 1.82) is 0 Å². The first-order chi connectivity index (χ1) is 12.2. The third-order valence-corrected chi connectivity index (χ3v) is 5.19. The van der Waals surface area contributed by atoms with Gasteiger partial charge in [0.2, 0.25) is 0 Å². The summed E-state index contributed by atoms with van der Waals surface area (Å²) in [5.74, 6) is -1.70. The summed E-state index contributed by atoms with van der Waals surface area (Å²) in [5, 5.41) is 46.0. The van der Waals surface area contributed by atoms with E-state index in [4.69, 9.17) is 0 Å². The Kier molecular flexibility index (Phi) is 4.73. The molecule has 0 spiro atoms. The molecule has 1 saturated carbocycles. The molecule has 1 aliphatic rings. The van der Waals surface area contributed by atoms with Crippen molar-refractivity contribution in [2.75, 3.05) is 38.0 Å². The van der Waals surface area contributed by atoms with Crippen LogP contribution in [0.25, 0.3) is 0 Å². The van der Waals surface area contributed by atoms with Crippen molar-refractivity contribution in [3.05, 3.63) is 47.5 Å². The van der Waals surface area contributed by atoms with E-state index in [1.54, 1.807) is 36.4 Å². The number of aromatic hydroxyl groups is 2. The Balaban J connectivity index is 1.86. The molecule has 3 rings (SSSR count). The lowest BCUT2D eigenvalue weighted by molar-refractivity contribution is -0.536. The van der Waals surface area contributed by atoms with Crippen LogP contribution < -0.4 is 20.0 Å². The van der Waals surface area contributed by atoms with Gasteiger partial charge in [-0.25, -0.2) is 0 Å². The van der Waals surface area contributed by atoms with Gasteiger partial charge in [0.1, 0.15) is 11.5 Å². The minimum absolute atomic E-state index is 0.0338. The maximum Gasteiger partial charge on any atom is 0.121 e. The SMILES string of the molecule is CN(C)c1ccc(C2C([O-])C(c3ccc(N(C)C)cc3O)C2[O-])c(O)c1. The third kappa shape index (κ3) is 2.95. The van der Waals surface area contributed by atoms with Crippen molar-refractivity contribution in [3.63, 3.8) is 0 Å². The van der Waals surface area contributed by atoms with Gasteiger partial charge in [-0.3, -0.25) is 0 Å². The van der Waals surface area contributed by atoms with Crippen LogP contribution in [0.2, 0.25) is 0 Å². The van der Waals surface area contributed by atoms with Gasteiger partial charge in [0.05, 0.1) is 0 Å². The number of hydrogen-bond acceptors (Lipinski definition) is 6. The van der Waals surface area contributed by atoms with Crippen molar-refractivity contribution in [2.24, 2.45) is 0 Å². The molecule has 0 radical (unpaired) electrons. The van der Waals surface area contributed by atoms with Crippen LogP contribution in [0.4, 0.5) is 11.4 Å². The number of rotatable bonds is 4. The maximum absolute atomic E-state index is 12.8.